The predicted molar refractivity (Wildman–Crippen MR) is 82.9 cm³/mol. The highest BCUT2D eigenvalue weighted by Crippen LogP contribution is 2.34. The van der Waals surface area contributed by atoms with Crippen LogP contribution in [0.4, 0.5) is 0 Å². The number of rotatable bonds is 3. The zero-order valence-electron chi connectivity index (χ0n) is 11.5. The van der Waals surface area contributed by atoms with Crippen molar-refractivity contribution in [1.29, 1.82) is 0 Å². The number of alkyl halides is 1. The molecule has 1 unspecified atom stereocenters. The van der Waals surface area contributed by atoms with Crippen molar-refractivity contribution < 1.29 is 4.74 Å². The summed E-state index contributed by atoms with van der Waals surface area (Å²) in [5.74, 6) is 1.55. The van der Waals surface area contributed by atoms with E-state index in [1.807, 2.05) is 12.1 Å². The lowest BCUT2D eigenvalue weighted by atomic mass is 9.94. The number of imidazole rings is 1. The molecular weight excluding hydrogens is 295 g/mol. The smallest absolute Gasteiger partial charge is 0.111 e. The summed E-state index contributed by atoms with van der Waals surface area (Å²) >= 11 is 12.2. The average molecular weight is 313 g/mol. The van der Waals surface area contributed by atoms with Crippen LogP contribution < -0.4 is 0 Å². The number of halogens is 2. The fraction of sp³-hybridized carbons (Fsp3) is 0.533. The van der Waals surface area contributed by atoms with E-state index in [4.69, 9.17) is 32.9 Å². The Morgan fingerprint density at radius 2 is 2.30 bits per heavy atom. The van der Waals surface area contributed by atoms with Crippen molar-refractivity contribution in [2.45, 2.75) is 31.7 Å². The monoisotopic (exact) mass is 312 g/mol. The number of hydrogen-bond donors (Lipinski definition) is 0. The van der Waals surface area contributed by atoms with Crippen molar-refractivity contribution in [2.75, 3.05) is 19.1 Å². The van der Waals surface area contributed by atoms with E-state index >= 15 is 0 Å². The van der Waals surface area contributed by atoms with Gasteiger partial charge in [0.2, 0.25) is 0 Å². The van der Waals surface area contributed by atoms with E-state index in [1.54, 1.807) is 0 Å². The molecule has 20 heavy (non-hydrogen) atoms. The first-order valence-corrected chi connectivity index (χ1v) is 7.87. The number of benzene rings is 1. The average Bonchev–Trinajstić information content (AvgIpc) is 2.80. The first kappa shape index (κ1) is 14.2. The van der Waals surface area contributed by atoms with Crippen LogP contribution in [0.1, 0.15) is 25.6 Å². The third-order valence-corrected chi connectivity index (χ3v) is 4.47. The van der Waals surface area contributed by atoms with Crippen LogP contribution in [-0.4, -0.2) is 28.6 Å². The van der Waals surface area contributed by atoms with Gasteiger partial charge >= 0.3 is 0 Å². The molecule has 1 atom stereocenters. The standard InChI is InChI=1S/C15H18Cl2N2O/c1-15(7-3-9-20-10-15)19-12-5-2-4-11(17)14(12)18-13(19)6-8-16/h2,4-5H,3,6-10H2,1H3. The van der Waals surface area contributed by atoms with E-state index in [1.165, 1.54) is 0 Å². The second-order valence-electron chi connectivity index (χ2n) is 5.56. The second-order valence-corrected chi connectivity index (χ2v) is 6.35. The molecule has 5 heteroatoms. The minimum Gasteiger partial charge on any atom is -0.379 e. The van der Waals surface area contributed by atoms with Crippen LogP contribution in [0.25, 0.3) is 11.0 Å². The van der Waals surface area contributed by atoms with Gasteiger partial charge in [-0.15, -0.1) is 11.6 Å². The summed E-state index contributed by atoms with van der Waals surface area (Å²) in [7, 11) is 0. The van der Waals surface area contributed by atoms with E-state index < -0.39 is 0 Å². The summed E-state index contributed by atoms with van der Waals surface area (Å²) in [6, 6.07) is 5.93. The number of para-hydroxylation sites is 1. The van der Waals surface area contributed by atoms with Gasteiger partial charge in [-0.25, -0.2) is 4.98 Å². The topological polar surface area (TPSA) is 27.1 Å². The molecule has 2 aromatic rings. The Labute approximate surface area is 128 Å². The van der Waals surface area contributed by atoms with Gasteiger partial charge in [0.15, 0.2) is 0 Å². The fourth-order valence-electron chi connectivity index (χ4n) is 3.06. The number of ether oxygens (including phenoxy) is 1. The summed E-state index contributed by atoms with van der Waals surface area (Å²) in [5.41, 5.74) is 1.87. The van der Waals surface area contributed by atoms with Gasteiger partial charge in [-0.1, -0.05) is 17.7 Å². The molecule has 1 aromatic carbocycles. The van der Waals surface area contributed by atoms with Gasteiger partial charge in [0, 0.05) is 18.9 Å². The summed E-state index contributed by atoms with van der Waals surface area (Å²) in [4.78, 5) is 4.71. The third-order valence-electron chi connectivity index (χ3n) is 3.98. The molecule has 2 heterocycles. The normalized spacial score (nSPS) is 23.4. The summed E-state index contributed by atoms with van der Waals surface area (Å²) in [6.07, 6.45) is 2.89. The summed E-state index contributed by atoms with van der Waals surface area (Å²) < 4.78 is 7.99. The fourth-order valence-corrected chi connectivity index (χ4v) is 3.44. The maximum atomic E-state index is 6.29. The Kier molecular flexibility index (Phi) is 3.93. The molecule has 108 valence electrons. The Morgan fingerprint density at radius 3 is 3.00 bits per heavy atom. The van der Waals surface area contributed by atoms with E-state index in [2.05, 4.69) is 17.6 Å². The van der Waals surface area contributed by atoms with Crippen LogP contribution in [0.2, 0.25) is 5.02 Å². The van der Waals surface area contributed by atoms with Crippen molar-refractivity contribution in [3.05, 3.63) is 29.0 Å². The van der Waals surface area contributed by atoms with Gasteiger partial charge in [-0.3, -0.25) is 0 Å². The molecular formula is C15H18Cl2N2O. The molecule has 1 aromatic heterocycles. The zero-order chi connectivity index (χ0) is 14.2. The van der Waals surface area contributed by atoms with Crippen molar-refractivity contribution in [3.63, 3.8) is 0 Å². The molecule has 1 aliphatic rings. The van der Waals surface area contributed by atoms with Crippen molar-refractivity contribution >= 4 is 34.2 Å². The molecule has 0 saturated carbocycles. The van der Waals surface area contributed by atoms with Gasteiger partial charge in [0.05, 0.1) is 22.7 Å². The van der Waals surface area contributed by atoms with Crippen LogP contribution in [-0.2, 0) is 16.7 Å². The van der Waals surface area contributed by atoms with E-state index in [-0.39, 0.29) is 5.54 Å². The van der Waals surface area contributed by atoms with Crippen LogP contribution in [0.15, 0.2) is 18.2 Å². The van der Waals surface area contributed by atoms with Crippen LogP contribution in [0.3, 0.4) is 0 Å². The lowest BCUT2D eigenvalue weighted by molar-refractivity contribution is 0.0102. The lowest BCUT2D eigenvalue weighted by Gasteiger charge is -2.36. The Bertz CT molecular complexity index is 618. The van der Waals surface area contributed by atoms with Gasteiger partial charge in [0.25, 0.3) is 0 Å². The molecule has 0 bridgehead atoms. The van der Waals surface area contributed by atoms with Crippen molar-refractivity contribution in [1.82, 2.24) is 9.55 Å². The molecule has 0 radical (unpaired) electrons. The van der Waals surface area contributed by atoms with Crippen LogP contribution in [0, 0.1) is 0 Å². The van der Waals surface area contributed by atoms with E-state index in [0.29, 0.717) is 17.5 Å². The van der Waals surface area contributed by atoms with Gasteiger partial charge in [-0.2, -0.15) is 0 Å². The minimum absolute atomic E-state index is 0.0704. The Hall–Kier alpha value is -0.770. The summed E-state index contributed by atoms with van der Waals surface area (Å²) in [6.45, 7) is 3.78. The van der Waals surface area contributed by atoms with E-state index in [9.17, 15) is 0 Å². The maximum Gasteiger partial charge on any atom is 0.111 e. The molecule has 0 amide bonds. The first-order chi connectivity index (χ1) is 9.65. The number of aryl methyl sites for hydroxylation is 1. The zero-order valence-corrected chi connectivity index (χ0v) is 13.0. The molecule has 0 spiro atoms. The van der Waals surface area contributed by atoms with Crippen LogP contribution in [0.5, 0.6) is 0 Å². The number of fused-ring (bicyclic) bond motifs is 1. The Morgan fingerprint density at radius 1 is 1.45 bits per heavy atom. The minimum atomic E-state index is -0.0704. The quantitative estimate of drug-likeness (QED) is 0.801. The van der Waals surface area contributed by atoms with Crippen molar-refractivity contribution in [2.24, 2.45) is 0 Å². The second kappa shape index (κ2) is 5.55. The lowest BCUT2D eigenvalue weighted by Crippen LogP contribution is -2.40. The molecule has 0 aliphatic carbocycles. The number of aromatic nitrogens is 2. The highest BCUT2D eigenvalue weighted by molar-refractivity contribution is 6.34. The van der Waals surface area contributed by atoms with Gasteiger partial charge < -0.3 is 9.30 Å². The molecule has 3 nitrogen and oxygen atoms in total. The molecule has 1 saturated heterocycles. The largest absolute Gasteiger partial charge is 0.379 e. The number of nitrogens with zero attached hydrogens (tertiary/aromatic N) is 2. The molecule has 1 fully saturated rings. The van der Waals surface area contributed by atoms with Gasteiger partial charge in [0.1, 0.15) is 11.3 Å². The SMILES string of the molecule is CC1(n2c(CCCl)nc3c(Cl)cccc32)CCCOC1. The van der Waals surface area contributed by atoms with Gasteiger partial charge in [-0.05, 0) is 31.9 Å². The summed E-state index contributed by atoms with van der Waals surface area (Å²) in [5, 5.41) is 0.692. The number of hydrogen-bond acceptors (Lipinski definition) is 2. The Balaban J connectivity index is 2.20. The molecule has 0 N–H and O–H groups in total. The van der Waals surface area contributed by atoms with Crippen LogP contribution >= 0.6 is 23.2 Å². The maximum absolute atomic E-state index is 6.29. The highest BCUT2D eigenvalue weighted by Gasteiger charge is 2.33. The highest BCUT2D eigenvalue weighted by atomic mass is 35.5. The third kappa shape index (κ3) is 2.32. The van der Waals surface area contributed by atoms with E-state index in [0.717, 1.165) is 42.7 Å². The molecule has 1 aliphatic heterocycles. The first-order valence-electron chi connectivity index (χ1n) is 6.96. The predicted octanol–water partition coefficient (Wildman–Crippen LogP) is 4.00. The molecule has 3 rings (SSSR count). The van der Waals surface area contributed by atoms with Crippen molar-refractivity contribution in [3.8, 4) is 0 Å².